The summed E-state index contributed by atoms with van der Waals surface area (Å²) in [5.74, 6) is 0.214. The normalized spacial score (nSPS) is 13.9. The number of nitrogens with zero attached hydrogens (tertiary/aromatic N) is 1. The second-order valence-corrected chi connectivity index (χ2v) is 8.48. The van der Waals surface area contributed by atoms with Crippen LogP contribution in [-0.4, -0.2) is 17.6 Å². The lowest BCUT2D eigenvalue weighted by atomic mass is 9.96. The summed E-state index contributed by atoms with van der Waals surface area (Å²) in [5, 5.41) is 0.974. The number of ether oxygens (including phenoxy) is 1. The summed E-state index contributed by atoms with van der Waals surface area (Å²) in [5.41, 5.74) is 4.63. The highest BCUT2D eigenvalue weighted by molar-refractivity contribution is 5.91. The average molecular weight is 449 g/mol. The van der Waals surface area contributed by atoms with E-state index in [2.05, 4.69) is 6.07 Å². The van der Waals surface area contributed by atoms with Gasteiger partial charge >= 0.3 is 12.1 Å². The molecule has 0 atom stereocenters. The van der Waals surface area contributed by atoms with E-state index < -0.39 is 11.7 Å². The molecule has 1 aliphatic carbocycles. The molecule has 0 saturated heterocycles. The van der Waals surface area contributed by atoms with Crippen molar-refractivity contribution in [3.05, 3.63) is 101 Å². The zero-order chi connectivity index (χ0) is 23.2. The number of halogens is 3. The summed E-state index contributed by atoms with van der Waals surface area (Å²) in [6.07, 6.45) is 0.392. The number of benzene rings is 3. The molecule has 0 aliphatic heterocycles. The van der Waals surface area contributed by atoms with Gasteiger partial charge in [0.2, 0.25) is 0 Å². The highest BCUT2D eigenvalue weighted by Gasteiger charge is 2.30. The van der Waals surface area contributed by atoms with Gasteiger partial charge in [0.1, 0.15) is 0 Å². The van der Waals surface area contributed by atoms with Crippen molar-refractivity contribution in [2.75, 3.05) is 7.11 Å². The number of methoxy groups -OCH3 is 1. The van der Waals surface area contributed by atoms with E-state index in [1.165, 1.54) is 24.8 Å². The lowest BCUT2D eigenvalue weighted by Crippen LogP contribution is -2.07. The number of carbonyl (C=O) groups excluding carboxylic acids is 1. The van der Waals surface area contributed by atoms with Crippen LogP contribution in [0.15, 0.2) is 72.9 Å². The van der Waals surface area contributed by atoms with Crippen LogP contribution in [0.5, 0.6) is 0 Å². The Bertz CT molecular complexity index is 1330. The number of carbonyl (C=O) groups is 1. The lowest BCUT2D eigenvalue weighted by Gasteiger charge is -2.12. The predicted octanol–water partition coefficient (Wildman–Crippen LogP) is 6.90. The molecule has 33 heavy (non-hydrogen) atoms. The molecular weight excluding hydrogens is 427 g/mol. The molecule has 4 aromatic rings. The van der Waals surface area contributed by atoms with Crippen molar-refractivity contribution in [2.24, 2.45) is 0 Å². The zero-order valence-corrected chi connectivity index (χ0v) is 18.0. The molecular formula is C27H22F3NO2. The summed E-state index contributed by atoms with van der Waals surface area (Å²) < 4.78 is 45.5. The van der Waals surface area contributed by atoms with Gasteiger partial charge in [-0.05, 0) is 90.4 Å². The van der Waals surface area contributed by atoms with Crippen molar-refractivity contribution >= 4 is 16.9 Å². The van der Waals surface area contributed by atoms with Gasteiger partial charge in [-0.3, -0.25) is 0 Å². The van der Waals surface area contributed by atoms with Gasteiger partial charge in [0.25, 0.3) is 0 Å². The molecule has 5 rings (SSSR count). The fourth-order valence-electron chi connectivity index (χ4n) is 4.28. The van der Waals surface area contributed by atoms with Gasteiger partial charge < -0.3 is 9.30 Å². The highest BCUT2D eigenvalue weighted by atomic mass is 19.4. The maximum Gasteiger partial charge on any atom is 0.416 e. The molecule has 168 valence electrons. The lowest BCUT2D eigenvalue weighted by molar-refractivity contribution is -0.137. The van der Waals surface area contributed by atoms with Gasteiger partial charge in [-0.25, -0.2) is 4.79 Å². The standard InChI is InChI=1S/C27H22F3NO2/c1-33-26(32)24-16-19(18-3-4-18)5-6-20(24)14-17-2-11-25-21(15-17)12-13-31(25)23-9-7-22(8-10-23)27(28,29)30/h2,5-13,15-16,18H,3-4,14H2,1H3. The molecule has 0 radical (unpaired) electrons. The second kappa shape index (κ2) is 8.10. The third kappa shape index (κ3) is 4.25. The monoisotopic (exact) mass is 449 g/mol. The SMILES string of the molecule is COC(=O)c1cc(C2CC2)ccc1Cc1ccc2c(ccn2-c2ccc(C(F)(F)F)cc2)c1. The van der Waals surface area contributed by atoms with E-state index in [1.54, 1.807) is 0 Å². The molecule has 0 bridgehead atoms. The van der Waals surface area contributed by atoms with E-state index in [0.717, 1.165) is 47.0 Å². The number of aromatic nitrogens is 1. The van der Waals surface area contributed by atoms with Crippen molar-refractivity contribution in [1.82, 2.24) is 4.57 Å². The summed E-state index contributed by atoms with van der Waals surface area (Å²) in [6, 6.07) is 19.1. The molecule has 1 aromatic heterocycles. The topological polar surface area (TPSA) is 31.2 Å². The maximum absolute atomic E-state index is 12.9. The highest BCUT2D eigenvalue weighted by Crippen LogP contribution is 2.41. The second-order valence-electron chi connectivity index (χ2n) is 8.48. The van der Waals surface area contributed by atoms with Gasteiger partial charge in [-0.1, -0.05) is 18.2 Å². The van der Waals surface area contributed by atoms with E-state index in [1.807, 2.05) is 47.2 Å². The molecule has 1 heterocycles. The minimum atomic E-state index is -4.36. The summed E-state index contributed by atoms with van der Waals surface area (Å²) in [7, 11) is 1.39. The molecule has 1 saturated carbocycles. The van der Waals surface area contributed by atoms with E-state index in [4.69, 9.17) is 4.74 Å². The van der Waals surface area contributed by atoms with Gasteiger partial charge in [-0.2, -0.15) is 13.2 Å². The molecule has 1 fully saturated rings. The van der Waals surface area contributed by atoms with Crippen molar-refractivity contribution < 1.29 is 22.7 Å². The van der Waals surface area contributed by atoms with E-state index >= 15 is 0 Å². The molecule has 0 amide bonds. The van der Waals surface area contributed by atoms with Crippen molar-refractivity contribution in [1.29, 1.82) is 0 Å². The van der Waals surface area contributed by atoms with Crippen molar-refractivity contribution in [3.8, 4) is 5.69 Å². The Labute approximate surface area is 189 Å². The first-order chi connectivity index (χ1) is 15.8. The third-order valence-electron chi connectivity index (χ3n) is 6.21. The van der Waals surface area contributed by atoms with Gasteiger partial charge in [0, 0.05) is 17.3 Å². The Kier molecular flexibility index (Phi) is 5.23. The fourth-order valence-corrected chi connectivity index (χ4v) is 4.28. The third-order valence-corrected chi connectivity index (χ3v) is 6.21. The molecule has 0 N–H and O–H groups in total. The zero-order valence-electron chi connectivity index (χ0n) is 18.0. The summed E-state index contributed by atoms with van der Waals surface area (Å²) in [6.45, 7) is 0. The van der Waals surface area contributed by atoms with Gasteiger partial charge in [0.05, 0.1) is 23.8 Å². The predicted molar refractivity (Wildman–Crippen MR) is 121 cm³/mol. The largest absolute Gasteiger partial charge is 0.465 e. The Balaban J connectivity index is 1.44. The molecule has 6 heteroatoms. The number of rotatable bonds is 5. The van der Waals surface area contributed by atoms with E-state index in [9.17, 15) is 18.0 Å². The van der Waals surface area contributed by atoms with Crippen LogP contribution in [0, 0.1) is 0 Å². The van der Waals surface area contributed by atoms with Crippen LogP contribution in [0.25, 0.3) is 16.6 Å². The Morgan fingerprint density at radius 3 is 2.42 bits per heavy atom. The fraction of sp³-hybridized carbons (Fsp3) is 0.222. The van der Waals surface area contributed by atoms with Crippen LogP contribution >= 0.6 is 0 Å². The number of fused-ring (bicyclic) bond motifs is 1. The maximum atomic E-state index is 12.9. The smallest absolute Gasteiger partial charge is 0.416 e. The van der Waals surface area contributed by atoms with Crippen LogP contribution in [0.4, 0.5) is 13.2 Å². The molecule has 3 aromatic carbocycles. The number of hydrogen-bond acceptors (Lipinski definition) is 2. The van der Waals surface area contributed by atoms with Crippen LogP contribution < -0.4 is 0 Å². The molecule has 0 unspecified atom stereocenters. The first kappa shape index (κ1) is 21.3. The number of esters is 1. The van der Waals surface area contributed by atoms with Crippen molar-refractivity contribution in [2.45, 2.75) is 31.4 Å². The van der Waals surface area contributed by atoms with E-state index in [0.29, 0.717) is 23.6 Å². The first-order valence-electron chi connectivity index (χ1n) is 10.8. The summed E-state index contributed by atoms with van der Waals surface area (Å²) in [4.78, 5) is 12.4. The van der Waals surface area contributed by atoms with Gasteiger partial charge in [-0.15, -0.1) is 0 Å². The Hall–Kier alpha value is -3.54. The van der Waals surface area contributed by atoms with Crippen LogP contribution in [0.3, 0.4) is 0 Å². The van der Waals surface area contributed by atoms with Crippen LogP contribution in [0.2, 0.25) is 0 Å². The Morgan fingerprint density at radius 2 is 1.76 bits per heavy atom. The van der Waals surface area contributed by atoms with Gasteiger partial charge in [0.15, 0.2) is 0 Å². The van der Waals surface area contributed by atoms with Crippen LogP contribution in [0.1, 0.15) is 51.4 Å². The average Bonchev–Trinajstić information content (AvgIpc) is 3.57. The molecule has 1 aliphatic rings. The minimum Gasteiger partial charge on any atom is -0.465 e. The summed E-state index contributed by atoms with van der Waals surface area (Å²) >= 11 is 0. The van der Waals surface area contributed by atoms with E-state index in [-0.39, 0.29) is 5.97 Å². The number of hydrogen-bond donors (Lipinski definition) is 0. The quantitative estimate of drug-likeness (QED) is 0.310. The number of alkyl halides is 3. The first-order valence-corrected chi connectivity index (χ1v) is 10.8. The Morgan fingerprint density at radius 1 is 1.00 bits per heavy atom. The molecule has 0 spiro atoms. The minimum absolute atomic E-state index is 0.331. The van der Waals surface area contributed by atoms with Crippen molar-refractivity contribution in [3.63, 3.8) is 0 Å². The van der Waals surface area contributed by atoms with Crippen LogP contribution in [-0.2, 0) is 17.3 Å². The molecule has 3 nitrogen and oxygen atoms in total.